The first-order chi connectivity index (χ1) is 10.4. The molecular formula is C15H17N3O3S. The van der Waals surface area contributed by atoms with Crippen LogP contribution in [0.4, 0.5) is 5.69 Å². The van der Waals surface area contributed by atoms with Crippen LogP contribution in [0.5, 0.6) is 0 Å². The summed E-state index contributed by atoms with van der Waals surface area (Å²) in [7, 11) is -3.40. The van der Waals surface area contributed by atoms with E-state index in [0.29, 0.717) is 12.2 Å². The standard InChI is InChI=1S/C15H17N3O3S/c1-11(10-21-22(2,19)20)9-18-13-3-4-14-12(7-13)5-6-17-15(14)8-16/h3-7,11,18H,9-10H2,1-2H3/t11-/m0/s1. The summed E-state index contributed by atoms with van der Waals surface area (Å²) >= 11 is 0. The molecule has 0 saturated carbocycles. The minimum atomic E-state index is -3.40. The summed E-state index contributed by atoms with van der Waals surface area (Å²) < 4.78 is 26.7. The third-order valence-corrected chi connectivity index (χ3v) is 3.66. The predicted molar refractivity (Wildman–Crippen MR) is 84.9 cm³/mol. The van der Waals surface area contributed by atoms with E-state index in [4.69, 9.17) is 9.44 Å². The fourth-order valence-electron chi connectivity index (χ4n) is 1.97. The van der Waals surface area contributed by atoms with Crippen LogP contribution in [0.3, 0.4) is 0 Å². The SMILES string of the molecule is C[C@@H](CNc1ccc2c(C#N)nccc2c1)COS(C)(=O)=O. The smallest absolute Gasteiger partial charge is 0.264 e. The van der Waals surface area contributed by atoms with Gasteiger partial charge in [0.05, 0.1) is 12.9 Å². The molecule has 0 fully saturated rings. The summed E-state index contributed by atoms with van der Waals surface area (Å²) in [5.74, 6) is 0.0394. The maximum Gasteiger partial charge on any atom is 0.264 e. The van der Waals surface area contributed by atoms with E-state index in [1.165, 1.54) is 0 Å². The van der Waals surface area contributed by atoms with Gasteiger partial charge in [-0.25, -0.2) is 4.98 Å². The Hall–Kier alpha value is -2.17. The molecule has 2 rings (SSSR count). The minimum absolute atomic E-state index is 0.0394. The van der Waals surface area contributed by atoms with Gasteiger partial charge in [0, 0.05) is 23.8 Å². The van der Waals surface area contributed by atoms with Gasteiger partial charge < -0.3 is 5.32 Å². The van der Waals surface area contributed by atoms with Crippen molar-refractivity contribution in [3.8, 4) is 6.07 Å². The lowest BCUT2D eigenvalue weighted by molar-refractivity contribution is 0.274. The van der Waals surface area contributed by atoms with Gasteiger partial charge in [-0.15, -0.1) is 0 Å². The van der Waals surface area contributed by atoms with Crippen molar-refractivity contribution in [1.82, 2.24) is 4.98 Å². The van der Waals surface area contributed by atoms with Gasteiger partial charge in [-0.05, 0) is 35.6 Å². The Bertz CT molecular complexity index is 812. The largest absolute Gasteiger partial charge is 0.385 e. The molecule has 0 unspecified atom stereocenters. The number of nitrogens with one attached hydrogen (secondary N) is 1. The van der Waals surface area contributed by atoms with Crippen LogP contribution in [0.25, 0.3) is 10.8 Å². The molecule has 0 amide bonds. The summed E-state index contributed by atoms with van der Waals surface area (Å²) in [6.07, 6.45) is 2.64. The number of aromatic nitrogens is 1. The molecular weight excluding hydrogens is 302 g/mol. The molecule has 0 bridgehead atoms. The maximum absolute atomic E-state index is 10.9. The molecule has 1 heterocycles. The molecule has 1 aromatic carbocycles. The molecule has 0 aliphatic carbocycles. The Labute approximate surface area is 129 Å². The number of benzene rings is 1. The normalized spacial score (nSPS) is 12.8. The zero-order valence-electron chi connectivity index (χ0n) is 12.4. The van der Waals surface area contributed by atoms with Crippen molar-refractivity contribution < 1.29 is 12.6 Å². The van der Waals surface area contributed by atoms with Gasteiger partial charge in [0.2, 0.25) is 0 Å². The van der Waals surface area contributed by atoms with Crippen LogP contribution in [0, 0.1) is 17.2 Å². The molecule has 1 N–H and O–H groups in total. The average Bonchev–Trinajstić information content (AvgIpc) is 2.49. The van der Waals surface area contributed by atoms with Gasteiger partial charge in [-0.1, -0.05) is 6.92 Å². The summed E-state index contributed by atoms with van der Waals surface area (Å²) in [5, 5.41) is 14.0. The van der Waals surface area contributed by atoms with Crippen LogP contribution in [-0.2, 0) is 14.3 Å². The molecule has 0 aliphatic rings. The molecule has 0 radical (unpaired) electrons. The zero-order valence-corrected chi connectivity index (χ0v) is 13.2. The van der Waals surface area contributed by atoms with Gasteiger partial charge in [0.1, 0.15) is 11.8 Å². The van der Waals surface area contributed by atoms with Gasteiger partial charge in [-0.3, -0.25) is 4.18 Å². The summed E-state index contributed by atoms with van der Waals surface area (Å²) in [4.78, 5) is 4.02. The van der Waals surface area contributed by atoms with E-state index in [1.54, 1.807) is 6.20 Å². The number of nitriles is 1. The van der Waals surface area contributed by atoms with Crippen LogP contribution >= 0.6 is 0 Å². The number of hydrogen-bond acceptors (Lipinski definition) is 6. The van der Waals surface area contributed by atoms with Crippen molar-refractivity contribution in [3.63, 3.8) is 0 Å². The van der Waals surface area contributed by atoms with Crippen molar-refractivity contribution >= 4 is 26.6 Å². The van der Waals surface area contributed by atoms with Crippen molar-refractivity contribution in [2.45, 2.75) is 6.92 Å². The number of pyridine rings is 1. The monoisotopic (exact) mass is 319 g/mol. The first-order valence-electron chi connectivity index (χ1n) is 6.76. The molecule has 0 spiro atoms. The highest BCUT2D eigenvalue weighted by Gasteiger charge is 2.08. The second-order valence-electron chi connectivity index (χ2n) is 5.18. The summed E-state index contributed by atoms with van der Waals surface area (Å²) in [5.41, 5.74) is 1.30. The molecule has 116 valence electrons. The summed E-state index contributed by atoms with van der Waals surface area (Å²) in [6.45, 7) is 2.62. The zero-order chi connectivity index (χ0) is 16.2. The Kier molecular flexibility index (Phi) is 4.96. The van der Waals surface area contributed by atoms with Crippen molar-refractivity contribution in [1.29, 1.82) is 5.26 Å². The molecule has 0 aliphatic heterocycles. The maximum atomic E-state index is 10.9. The number of anilines is 1. The molecule has 0 saturated heterocycles. The minimum Gasteiger partial charge on any atom is -0.385 e. The van der Waals surface area contributed by atoms with E-state index < -0.39 is 10.1 Å². The molecule has 6 nitrogen and oxygen atoms in total. The van der Waals surface area contributed by atoms with Crippen LogP contribution in [0.1, 0.15) is 12.6 Å². The fourth-order valence-corrected chi connectivity index (χ4v) is 2.45. The van der Waals surface area contributed by atoms with E-state index >= 15 is 0 Å². The lowest BCUT2D eigenvalue weighted by Gasteiger charge is -2.13. The van der Waals surface area contributed by atoms with E-state index in [-0.39, 0.29) is 12.5 Å². The third kappa shape index (κ3) is 4.41. The topological polar surface area (TPSA) is 92.1 Å². The molecule has 7 heteroatoms. The lowest BCUT2D eigenvalue weighted by atomic mass is 10.1. The first-order valence-corrected chi connectivity index (χ1v) is 8.58. The predicted octanol–water partition coefficient (Wildman–Crippen LogP) is 2.13. The third-order valence-electron chi connectivity index (χ3n) is 3.09. The summed E-state index contributed by atoms with van der Waals surface area (Å²) in [6, 6.07) is 9.56. The van der Waals surface area contributed by atoms with Crippen LogP contribution in [0.2, 0.25) is 0 Å². The van der Waals surface area contributed by atoms with Gasteiger partial charge >= 0.3 is 0 Å². The average molecular weight is 319 g/mol. The van der Waals surface area contributed by atoms with E-state index in [2.05, 4.69) is 16.4 Å². The second kappa shape index (κ2) is 6.73. The quantitative estimate of drug-likeness (QED) is 0.820. The Balaban J connectivity index is 2.02. The highest BCUT2D eigenvalue weighted by Crippen LogP contribution is 2.21. The van der Waals surface area contributed by atoms with Crippen molar-refractivity contribution in [2.24, 2.45) is 5.92 Å². The van der Waals surface area contributed by atoms with E-state index in [0.717, 1.165) is 22.7 Å². The van der Waals surface area contributed by atoms with Gasteiger partial charge in [-0.2, -0.15) is 13.7 Å². The highest BCUT2D eigenvalue weighted by atomic mass is 32.2. The Morgan fingerprint density at radius 1 is 1.41 bits per heavy atom. The van der Waals surface area contributed by atoms with Gasteiger partial charge in [0.25, 0.3) is 10.1 Å². The highest BCUT2D eigenvalue weighted by molar-refractivity contribution is 7.85. The molecule has 22 heavy (non-hydrogen) atoms. The van der Waals surface area contributed by atoms with Crippen molar-refractivity contribution in [3.05, 3.63) is 36.2 Å². The number of nitrogens with zero attached hydrogens (tertiary/aromatic N) is 2. The fraction of sp³-hybridized carbons (Fsp3) is 0.333. The van der Waals surface area contributed by atoms with E-state index in [9.17, 15) is 8.42 Å². The number of fused-ring (bicyclic) bond motifs is 1. The molecule has 2 aromatic rings. The van der Waals surface area contributed by atoms with E-state index in [1.807, 2.05) is 31.2 Å². The number of hydrogen-bond donors (Lipinski definition) is 1. The Morgan fingerprint density at radius 3 is 2.86 bits per heavy atom. The number of rotatable bonds is 6. The van der Waals surface area contributed by atoms with Crippen LogP contribution in [-0.4, -0.2) is 32.8 Å². The van der Waals surface area contributed by atoms with Crippen molar-refractivity contribution in [2.75, 3.05) is 24.7 Å². The van der Waals surface area contributed by atoms with Crippen LogP contribution in [0.15, 0.2) is 30.5 Å². The molecule has 1 aromatic heterocycles. The van der Waals surface area contributed by atoms with Gasteiger partial charge in [0.15, 0.2) is 0 Å². The first kappa shape index (κ1) is 16.2. The molecule has 1 atom stereocenters. The Morgan fingerprint density at radius 2 is 2.18 bits per heavy atom. The van der Waals surface area contributed by atoms with Crippen LogP contribution < -0.4 is 5.32 Å². The lowest BCUT2D eigenvalue weighted by Crippen LogP contribution is -2.18. The second-order valence-corrected chi connectivity index (χ2v) is 6.83.